The molecule has 5 atom stereocenters. The van der Waals surface area contributed by atoms with Crippen molar-refractivity contribution < 1.29 is 14.2 Å². The summed E-state index contributed by atoms with van der Waals surface area (Å²) in [4.78, 5) is 0. The van der Waals surface area contributed by atoms with Crippen molar-refractivity contribution in [2.45, 2.75) is 89.0 Å². The second kappa shape index (κ2) is 3.71. The molecule has 2 aliphatic heterocycles. The quantitative estimate of drug-likeness (QED) is 0.663. The molecule has 2 heterocycles. The molecular weight excluding hydrogens is 228 g/mol. The van der Waals surface area contributed by atoms with Crippen molar-refractivity contribution in [1.82, 2.24) is 0 Å². The lowest BCUT2D eigenvalue weighted by molar-refractivity contribution is -0.203. The van der Waals surface area contributed by atoms with Crippen LogP contribution in [0.2, 0.25) is 0 Å². The van der Waals surface area contributed by atoms with Crippen LogP contribution in [0.15, 0.2) is 0 Å². The summed E-state index contributed by atoms with van der Waals surface area (Å²) < 4.78 is 18.9. The summed E-state index contributed by atoms with van der Waals surface area (Å²) in [5.41, 5.74) is 0.301. The summed E-state index contributed by atoms with van der Waals surface area (Å²) in [6.45, 7) is 4.56. The summed E-state index contributed by atoms with van der Waals surface area (Å²) >= 11 is 0. The van der Waals surface area contributed by atoms with E-state index in [9.17, 15) is 0 Å². The smallest absolute Gasteiger partial charge is 0.169 e. The van der Waals surface area contributed by atoms with Crippen LogP contribution in [0.5, 0.6) is 0 Å². The van der Waals surface area contributed by atoms with Gasteiger partial charge >= 0.3 is 0 Å². The third kappa shape index (κ3) is 1.53. The van der Waals surface area contributed by atoms with E-state index in [0.29, 0.717) is 11.5 Å². The van der Waals surface area contributed by atoms with Crippen LogP contribution in [0.1, 0.15) is 58.8 Å². The topological polar surface area (TPSA) is 27.7 Å². The molecule has 2 unspecified atom stereocenters. The van der Waals surface area contributed by atoms with Crippen molar-refractivity contribution in [1.29, 1.82) is 0 Å². The Balaban J connectivity index is 1.57. The van der Waals surface area contributed by atoms with E-state index < -0.39 is 0 Å². The van der Waals surface area contributed by atoms with Crippen LogP contribution in [0, 0.1) is 5.41 Å². The Bertz CT molecular complexity index is 350. The zero-order chi connectivity index (χ0) is 12.4. The summed E-state index contributed by atoms with van der Waals surface area (Å²) in [5, 5.41) is 0. The normalized spacial score (nSPS) is 53.7. The van der Waals surface area contributed by atoms with E-state index in [1.807, 2.05) is 0 Å². The molecule has 0 aromatic heterocycles. The Morgan fingerprint density at radius 3 is 2.44 bits per heavy atom. The van der Waals surface area contributed by atoms with E-state index in [4.69, 9.17) is 14.2 Å². The molecule has 0 aromatic carbocycles. The van der Waals surface area contributed by atoms with E-state index in [-0.39, 0.29) is 24.1 Å². The molecule has 2 saturated heterocycles. The number of hydrogen-bond acceptors (Lipinski definition) is 3. The van der Waals surface area contributed by atoms with E-state index in [0.717, 1.165) is 25.7 Å². The van der Waals surface area contributed by atoms with Gasteiger partial charge in [0.1, 0.15) is 6.10 Å². The van der Waals surface area contributed by atoms with Crippen LogP contribution in [0.3, 0.4) is 0 Å². The van der Waals surface area contributed by atoms with E-state index in [1.165, 1.54) is 19.3 Å². The van der Waals surface area contributed by atoms with Crippen LogP contribution in [-0.4, -0.2) is 30.2 Å². The third-order valence-corrected chi connectivity index (χ3v) is 5.76. The van der Waals surface area contributed by atoms with Gasteiger partial charge in [0.15, 0.2) is 5.79 Å². The fourth-order valence-electron chi connectivity index (χ4n) is 4.50. The van der Waals surface area contributed by atoms with E-state index in [2.05, 4.69) is 13.8 Å². The highest BCUT2D eigenvalue weighted by molar-refractivity contribution is 5.06. The molecule has 3 nitrogen and oxygen atoms in total. The standard InChI is InChI=1S/C15H24O3/c1-10-14(2)8-11(16-10)13-12(9-14)17-15(18-13)6-4-3-5-7-15/h10-13H,3-9H2,1-2H3/t10?,11-,12-,13?,14+/m1/s1. The van der Waals surface area contributed by atoms with Gasteiger partial charge in [0.05, 0.1) is 18.3 Å². The van der Waals surface area contributed by atoms with E-state index in [1.54, 1.807) is 0 Å². The van der Waals surface area contributed by atoms with Gasteiger partial charge in [-0.05, 0) is 38.0 Å². The maximum Gasteiger partial charge on any atom is 0.169 e. The lowest BCUT2D eigenvalue weighted by Crippen LogP contribution is -2.42. The molecule has 4 fully saturated rings. The molecule has 18 heavy (non-hydrogen) atoms. The first-order chi connectivity index (χ1) is 8.60. The average Bonchev–Trinajstić information content (AvgIpc) is 2.79. The molecule has 0 radical (unpaired) electrons. The van der Waals surface area contributed by atoms with Crippen molar-refractivity contribution in [2.75, 3.05) is 0 Å². The summed E-state index contributed by atoms with van der Waals surface area (Å²) in [7, 11) is 0. The number of ether oxygens (including phenoxy) is 3. The second-order valence-electron chi connectivity index (χ2n) is 7.09. The zero-order valence-electron chi connectivity index (χ0n) is 11.5. The number of fused-ring (bicyclic) bond motifs is 4. The fraction of sp³-hybridized carbons (Fsp3) is 1.00. The van der Waals surface area contributed by atoms with Gasteiger partial charge in [-0.1, -0.05) is 13.3 Å². The molecule has 0 aromatic rings. The Morgan fingerprint density at radius 2 is 1.67 bits per heavy atom. The highest BCUT2D eigenvalue weighted by Crippen LogP contribution is 2.54. The molecule has 0 N–H and O–H groups in total. The third-order valence-electron chi connectivity index (χ3n) is 5.76. The molecule has 4 rings (SSSR count). The minimum Gasteiger partial charge on any atom is -0.372 e. The van der Waals surface area contributed by atoms with Crippen molar-refractivity contribution in [3.05, 3.63) is 0 Å². The summed E-state index contributed by atoms with van der Waals surface area (Å²) in [6, 6.07) is 0. The van der Waals surface area contributed by atoms with Crippen molar-refractivity contribution in [3.8, 4) is 0 Å². The monoisotopic (exact) mass is 252 g/mol. The highest BCUT2D eigenvalue weighted by Gasteiger charge is 2.60. The van der Waals surface area contributed by atoms with Crippen molar-refractivity contribution in [2.24, 2.45) is 5.41 Å². The first-order valence-corrected chi connectivity index (χ1v) is 7.61. The maximum atomic E-state index is 6.39. The Hall–Kier alpha value is -0.120. The average molecular weight is 252 g/mol. The predicted molar refractivity (Wildman–Crippen MR) is 67.2 cm³/mol. The van der Waals surface area contributed by atoms with Gasteiger partial charge in [-0.15, -0.1) is 0 Å². The molecular formula is C15H24O3. The molecule has 2 aliphatic carbocycles. The highest BCUT2D eigenvalue weighted by atomic mass is 16.8. The van der Waals surface area contributed by atoms with Gasteiger partial charge in [-0.3, -0.25) is 0 Å². The molecule has 0 amide bonds. The molecule has 1 spiro atoms. The fourth-order valence-corrected chi connectivity index (χ4v) is 4.50. The van der Waals surface area contributed by atoms with Crippen molar-refractivity contribution >= 4 is 0 Å². The van der Waals surface area contributed by atoms with Gasteiger partial charge in [0.2, 0.25) is 0 Å². The first kappa shape index (κ1) is 11.7. The maximum absolute atomic E-state index is 6.39. The molecule has 2 bridgehead atoms. The Kier molecular flexibility index (Phi) is 2.41. The minimum atomic E-state index is -0.249. The largest absolute Gasteiger partial charge is 0.372 e. The number of hydrogen-bond donors (Lipinski definition) is 0. The Morgan fingerprint density at radius 1 is 0.944 bits per heavy atom. The molecule has 4 aliphatic rings. The van der Waals surface area contributed by atoms with Gasteiger partial charge in [-0.2, -0.15) is 0 Å². The Labute approximate surface area is 109 Å². The summed E-state index contributed by atoms with van der Waals surface area (Å²) in [5.74, 6) is -0.249. The summed E-state index contributed by atoms with van der Waals surface area (Å²) in [6.07, 6.45) is 9.34. The van der Waals surface area contributed by atoms with Gasteiger partial charge < -0.3 is 14.2 Å². The lowest BCUT2D eigenvalue weighted by Gasteiger charge is -2.34. The van der Waals surface area contributed by atoms with Crippen LogP contribution in [0.4, 0.5) is 0 Å². The first-order valence-electron chi connectivity index (χ1n) is 7.61. The van der Waals surface area contributed by atoms with Gasteiger partial charge in [0.25, 0.3) is 0 Å². The van der Waals surface area contributed by atoms with Crippen LogP contribution < -0.4 is 0 Å². The van der Waals surface area contributed by atoms with Gasteiger partial charge in [-0.25, -0.2) is 0 Å². The predicted octanol–water partition coefficient (Wildman–Crippen LogP) is 3.02. The van der Waals surface area contributed by atoms with Crippen LogP contribution in [0.25, 0.3) is 0 Å². The number of rotatable bonds is 0. The van der Waals surface area contributed by atoms with Crippen LogP contribution >= 0.6 is 0 Å². The molecule has 102 valence electrons. The second-order valence-corrected chi connectivity index (χ2v) is 7.09. The van der Waals surface area contributed by atoms with Crippen molar-refractivity contribution in [3.63, 3.8) is 0 Å². The van der Waals surface area contributed by atoms with Crippen LogP contribution in [-0.2, 0) is 14.2 Å². The van der Waals surface area contributed by atoms with Gasteiger partial charge in [0, 0.05) is 12.8 Å². The SMILES string of the molecule is CC1O[C@@H]2C[C@@]1(C)C[C@H]1OC3(CCCCC3)OC21. The van der Waals surface area contributed by atoms with E-state index >= 15 is 0 Å². The minimum absolute atomic E-state index is 0.195. The molecule has 2 saturated carbocycles. The zero-order valence-corrected chi connectivity index (χ0v) is 11.5. The lowest BCUT2D eigenvalue weighted by atomic mass is 9.72. The molecule has 3 heteroatoms.